The highest BCUT2D eigenvalue weighted by Crippen LogP contribution is 2.41. The van der Waals surface area contributed by atoms with Gasteiger partial charge in [0.1, 0.15) is 0 Å². The highest BCUT2D eigenvalue weighted by molar-refractivity contribution is 14.2. The number of benzene rings is 2. The minimum absolute atomic E-state index is 0.492. The van der Waals surface area contributed by atoms with E-state index in [1.807, 2.05) is 18.2 Å². The number of carboxylic acids is 1. The summed E-state index contributed by atoms with van der Waals surface area (Å²) < 4.78 is 3.65. The van der Waals surface area contributed by atoms with Crippen molar-refractivity contribution in [1.82, 2.24) is 25.5 Å². The zero-order valence-corrected chi connectivity index (χ0v) is 22.7. The SMILES string of the molecule is CCCCC1=I(=CC(=O)O)C2CCCC=C2CN1Cc1ccc(-c2ccccc2-c2nn[nH]n2)cc1. The summed E-state index contributed by atoms with van der Waals surface area (Å²) in [7, 11) is 0. The van der Waals surface area contributed by atoms with Gasteiger partial charge in [0.05, 0.1) is 0 Å². The summed E-state index contributed by atoms with van der Waals surface area (Å²) in [6, 6.07) is 16.8. The van der Waals surface area contributed by atoms with E-state index in [4.69, 9.17) is 0 Å². The number of alkyl halides is 1. The first-order valence-electron chi connectivity index (χ1n) is 12.6. The van der Waals surface area contributed by atoms with Crippen molar-refractivity contribution in [3.8, 4) is 22.5 Å². The highest BCUT2D eigenvalue weighted by Gasteiger charge is 2.29. The van der Waals surface area contributed by atoms with Gasteiger partial charge in [-0.2, -0.15) is 5.21 Å². The number of H-pyrrole nitrogens is 1. The Balaban J connectivity index is 1.46. The Bertz CT molecular complexity index is 1340. The van der Waals surface area contributed by atoms with Gasteiger partial charge in [-0.1, -0.05) is 68.0 Å². The molecule has 1 aliphatic carbocycles. The van der Waals surface area contributed by atoms with E-state index in [-0.39, 0.29) is 0 Å². The fourth-order valence-electron chi connectivity index (χ4n) is 5.11. The number of unbranched alkanes of at least 4 members (excludes halogenated alkanes) is 1. The van der Waals surface area contributed by atoms with E-state index < -0.39 is 24.8 Å². The zero-order chi connectivity index (χ0) is 24.9. The fraction of sp³-hybridized carbons (Fsp3) is 0.357. The second kappa shape index (κ2) is 11.5. The molecule has 0 saturated heterocycles. The fourth-order valence-corrected chi connectivity index (χ4v) is 11.9. The van der Waals surface area contributed by atoms with Gasteiger partial charge in [-0.25, -0.2) is 4.79 Å². The van der Waals surface area contributed by atoms with Crippen LogP contribution in [0.1, 0.15) is 51.0 Å². The van der Waals surface area contributed by atoms with Gasteiger partial charge >= 0.3 is 5.97 Å². The van der Waals surface area contributed by atoms with Crippen molar-refractivity contribution in [2.45, 2.75) is 55.9 Å². The van der Waals surface area contributed by atoms with Gasteiger partial charge in [-0.15, -0.1) is 29.1 Å². The van der Waals surface area contributed by atoms with Crippen LogP contribution >= 0.6 is 18.9 Å². The van der Waals surface area contributed by atoms with Crippen LogP contribution in [0.2, 0.25) is 0 Å². The van der Waals surface area contributed by atoms with E-state index in [1.54, 1.807) is 4.01 Å². The largest absolute Gasteiger partial charge is 0.478 e. The Labute approximate surface area is 218 Å². The Hall–Kier alpha value is -2.85. The van der Waals surface area contributed by atoms with Crippen molar-refractivity contribution in [3.63, 3.8) is 0 Å². The third-order valence-corrected chi connectivity index (χ3v) is 13.7. The number of carboxylic acid groups (broad SMARTS) is 1. The smallest absolute Gasteiger partial charge is 0.333 e. The summed E-state index contributed by atoms with van der Waals surface area (Å²) in [5.41, 5.74) is 5.84. The third kappa shape index (κ3) is 5.44. The first-order chi connectivity index (χ1) is 17.6. The Kier molecular flexibility index (Phi) is 7.91. The molecule has 2 N–H and O–H groups in total. The number of hydrogen-bond acceptors (Lipinski definition) is 5. The van der Waals surface area contributed by atoms with Crippen LogP contribution in [0.5, 0.6) is 0 Å². The van der Waals surface area contributed by atoms with Gasteiger partial charge < -0.3 is 5.11 Å². The number of fused-ring (bicyclic) bond motifs is 1. The quantitative estimate of drug-likeness (QED) is 0.201. The standard InChI is InChI=1S/C28H32IN5O2/c1-2-3-12-26-29(17-27(35)36)25-11-7-4-8-22(25)19-34(26)18-20-13-15-21(16-14-20)23-9-5-6-10-24(23)28-30-32-33-31-28/h5-6,8-10,13-17,25H,2-4,7,11-12,18-19H2,1H3,(H,35,36)(H,30,31,32,33). The summed E-state index contributed by atoms with van der Waals surface area (Å²) in [5, 5.41) is 24.3. The molecule has 1 atom stereocenters. The maximum atomic E-state index is 11.8. The van der Waals surface area contributed by atoms with Crippen LogP contribution < -0.4 is 0 Å². The number of rotatable bonds is 8. The van der Waals surface area contributed by atoms with Gasteiger partial charge in [0.2, 0.25) is 5.82 Å². The second-order valence-electron chi connectivity index (χ2n) is 9.28. The molecule has 0 saturated carbocycles. The summed E-state index contributed by atoms with van der Waals surface area (Å²) in [4.78, 5) is 14.3. The molecule has 7 nitrogen and oxygen atoms in total. The predicted molar refractivity (Wildman–Crippen MR) is 153 cm³/mol. The van der Waals surface area contributed by atoms with E-state index in [2.05, 4.69) is 68.9 Å². The molecule has 2 aromatic carbocycles. The van der Waals surface area contributed by atoms with Crippen molar-refractivity contribution >= 4 is 32.5 Å². The van der Waals surface area contributed by atoms with Crippen LogP contribution in [0.15, 0.2) is 60.2 Å². The summed E-state index contributed by atoms with van der Waals surface area (Å²) in [5.74, 6) is -0.162. The number of aromatic nitrogens is 4. The molecule has 2 heterocycles. The lowest BCUT2D eigenvalue weighted by atomic mass is 9.97. The van der Waals surface area contributed by atoms with Crippen LogP contribution in [-0.2, 0) is 11.3 Å². The molecule has 8 heteroatoms. The number of nitrogens with one attached hydrogen (secondary N) is 1. The Morgan fingerprint density at radius 2 is 2.00 bits per heavy atom. The minimum Gasteiger partial charge on any atom is -0.478 e. The second-order valence-corrected chi connectivity index (χ2v) is 14.6. The third-order valence-electron chi connectivity index (χ3n) is 6.82. The molecular weight excluding hydrogens is 565 g/mol. The molecule has 188 valence electrons. The van der Waals surface area contributed by atoms with Crippen molar-refractivity contribution in [2.24, 2.45) is 0 Å². The predicted octanol–water partition coefficient (Wildman–Crippen LogP) is 5.54. The Morgan fingerprint density at radius 3 is 2.72 bits per heavy atom. The van der Waals surface area contributed by atoms with Gasteiger partial charge in [-0.3, -0.25) is 4.90 Å². The summed E-state index contributed by atoms with van der Waals surface area (Å²) in [6.07, 6.45) is 9.11. The molecule has 3 aromatic rings. The maximum Gasteiger partial charge on any atom is 0.333 e. The van der Waals surface area contributed by atoms with Gasteiger partial charge in [0, 0.05) is 30.2 Å². The lowest BCUT2D eigenvalue weighted by Gasteiger charge is -2.38. The lowest BCUT2D eigenvalue weighted by Crippen LogP contribution is -2.38. The van der Waals surface area contributed by atoms with Crippen LogP contribution in [0.25, 0.3) is 22.5 Å². The molecule has 0 fully saturated rings. The summed E-state index contributed by atoms with van der Waals surface area (Å²) in [6.45, 7) is 3.97. The number of allylic oxidation sites excluding steroid dienone is 1. The van der Waals surface area contributed by atoms with E-state index in [1.165, 1.54) is 21.2 Å². The molecule has 0 radical (unpaired) electrons. The number of aliphatic carboxylic acids is 1. The number of aromatic amines is 1. The van der Waals surface area contributed by atoms with Crippen LogP contribution in [-0.4, -0.2) is 54.7 Å². The number of halogens is 1. The number of carbonyl (C=O) groups is 1. The van der Waals surface area contributed by atoms with Gasteiger partial charge in [0.25, 0.3) is 0 Å². The number of tetrazole rings is 1. The molecule has 1 unspecified atom stereocenters. The molecular formula is C28H32IN5O2. The van der Waals surface area contributed by atoms with E-state index >= 15 is 0 Å². The number of hydrogen-bond donors (Lipinski definition) is 2. The van der Waals surface area contributed by atoms with Crippen molar-refractivity contribution in [3.05, 3.63) is 65.7 Å². The van der Waals surface area contributed by atoms with Crippen molar-refractivity contribution < 1.29 is 9.90 Å². The first-order valence-corrected chi connectivity index (χ1v) is 16.2. The van der Waals surface area contributed by atoms with Gasteiger partial charge in [-0.05, 0) is 59.6 Å². The van der Waals surface area contributed by atoms with Crippen LogP contribution in [0.4, 0.5) is 0 Å². The highest BCUT2D eigenvalue weighted by atomic mass is 127. The van der Waals surface area contributed by atoms with Crippen molar-refractivity contribution in [1.29, 1.82) is 0 Å². The lowest BCUT2D eigenvalue weighted by molar-refractivity contribution is -0.128. The van der Waals surface area contributed by atoms with Crippen LogP contribution in [0.3, 0.4) is 0 Å². The molecule has 0 spiro atoms. The summed E-state index contributed by atoms with van der Waals surface area (Å²) >= 11 is -1.96. The monoisotopic (exact) mass is 597 g/mol. The van der Waals surface area contributed by atoms with Crippen LogP contribution in [0, 0.1) is 0 Å². The minimum atomic E-state index is -1.96. The first kappa shape index (κ1) is 24.8. The molecule has 0 bridgehead atoms. The molecule has 1 aromatic heterocycles. The Morgan fingerprint density at radius 1 is 1.19 bits per heavy atom. The molecule has 2 aliphatic rings. The average molecular weight is 598 g/mol. The normalized spacial score (nSPS) is 20.2. The van der Waals surface area contributed by atoms with Crippen molar-refractivity contribution in [2.75, 3.05) is 6.54 Å². The molecule has 5 rings (SSSR count). The topological polar surface area (TPSA) is 95.0 Å². The number of nitrogens with zero attached hydrogens (tertiary/aromatic N) is 4. The van der Waals surface area contributed by atoms with E-state index in [0.717, 1.165) is 61.9 Å². The average Bonchev–Trinajstić information content (AvgIpc) is 3.44. The molecule has 0 amide bonds. The zero-order valence-electron chi connectivity index (χ0n) is 20.5. The van der Waals surface area contributed by atoms with Gasteiger partial charge in [0.15, 0.2) is 0 Å². The van der Waals surface area contributed by atoms with E-state index in [0.29, 0.717) is 9.75 Å². The maximum absolute atomic E-state index is 11.8. The van der Waals surface area contributed by atoms with E-state index in [9.17, 15) is 9.90 Å². The molecule has 1 aliphatic heterocycles. The molecule has 36 heavy (non-hydrogen) atoms.